The van der Waals surface area contributed by atoms with Crippen molar-refractivity contribution in [3.05, 3.63) is 59.4 Å². The maximum atomic E-state index is 5.67. The number of nitrogens with one attached hydrogen (secondary N) is 1. The Balaban J connectivity index is 2.17. The Morgan fingerprint density at radius 3 is 2.63 bits per heavy atom. The molecule has 1 aromatic carbocycles. The van der Waals surface area contributed by atoms with Gasteiger partial charge in [-0.1, -0.05) is 43.4 Å². The third kappa shape index (κ3) is 3.29. The molecule has 98 valence electrons. The molecule has 0 aliphatic heterocycles. The smallest absolute Gasteiger partial charge is 0.124 e. The third-order valence-corrected chi connectivity index (χ3v) is 3.20. The number of hydrogen-bond donors (Lipinski definition) is 2. The minimum atomic E-state index is 0.312. The highest BCUT2D eigenvalue weighted by Crippen LogP contribution is 2.15. The van der Waals surface area contributed by atoms with E-state index in [4.69, 9.17) is 18.0 Å². The summed E-state index contributed by atoms with van der Waals surface area (Å²) in [7, 11) is 0. The van der Waals surface area contributed by atoms with Gasteiger partial charge in [0.15, 0.2) is 0 Å². The van der Waals surface area contributed by atoms with Gasteiger partial charge in [0, 0.05) is 12.7 Å². The second-order valence-corrected chi connectivity index (χ2v) is 4.68. The number of hydrogen-bond acceptors (Lipinski definition) is 3. The Labute approximate surface area is 118 Å². The molecule has 4 heteroatoms. The quantitative estimate of drug-likeness (QED) is 0.821. The second-order valence-electron chi connectivity index (χ2n) is 4.24. The second kappa shape index (κ2) is 6.29. The first-order chi connectivity index (χ1) is 9.22. The summed E-state index contributed by atoms with van der Waals surface area (Å²) in [6.07, 6.45) is 2.71. The molecule has 2 aromatic rings. The Morgan fingerprint density at radius 2 is 1.95 bits per heavy atom. The van der Waals surface area contributed by atoms with Crippen LogP contribution >= 0.6 is 12.2 Å². The van der Waals surface area contributed by atoms with Crippen LogP contribution in [0, 0.1) is 0 Å². The van der Waals surface area contributed by atoms with Crippen LogP contribution in [0.2, 0.25) is 0 Å². The monoisotopic (exact) mass is 271 g/mol. The maximum absolute atomic E-state index is 5.67. The molecule has 3 N–H and O–H groups in total. The van der Waals surface area contributed by atoms with Crippen LogP contribution in [0.1, 0.15) is 23.7 Å². The SMILES string of the molecule is CCc1ccccc1CNc1cccnc1C(N)=S. The van der Waals surface area contributed by atoms with Crippen molar-refractivity contribution < 1.29 is 0 Å². The Kier molecular flexibility index (Phi) is 4.47. The van der Waals surface area contributed by atoms with Crippen molar-refractivity contribution >= 4 is 22.9 Å². The summed E-state index contributed by atoms with van der Waals surface area (Å²) < 4.78 is 0. The van der Waals surface area contributed by atoms with E-state index in [9.17, 15) is 0 Å². The van der Waals surface area contributed by atoms with E-state index in [2.05, 4.69) is 35.4 Å². The number of rotatable bonds is 5. The lowest BCUT2D eigenvalue weighted by Crippen LogP contribution is -2.15. The summed E-state index contributed by atoms with van der Waals surface area (Å²) in [5.74, 6) is 0. The van der Waals surface area contributed by atoms with Crippen LogP contribution in [0.25, 0.3) is 0 Å². The molecule has 0 unspecified atom stereocenters. The molecule has 19 heavy (non-hydrogen) atoms. The van der Waals surface area contributed by atoms with Crippen molar-refractivity contribution in [3.63, 3.8) is 0 Å². The summed E-state index contributed by atoms with van der Waals surface area (Å²) in [4.78, 5) is 4.52. The van der Waals surface area contributed by atoms with Crippen molar-refractivity contribution in [2.24, 2.45) is 5.73 Å². The standard InChI is InChI=1S/C15H17N3S/c1-2-11-6-3-4-7-12(11)10-18-13-8-5-9-17-14(13)15(16)19/h3-9,18H,2,10H2,1H3,(H2,16,19). The molecule has 0 aliphatic rings. The summed E-state index contributed by atoms with van der Waals surface area (Å²) in [5, 5.41) is 3.36. The van der Waals surface area contributed by atoms with Crippen LogP contribution in [0.5, 0.6) is 0 Å². The van der Waals surface area contributed by atoms with Crippen LogP contribution in [0.3, 0.4) is 0 Å². The van der Waals surface area contributed by atoms with Gasteiger partial charge in [-0.05, 0) is 29.7 Å². The van der Waals surface area contributed by atoms with Gasteiger partial charge in [-0.2, -0.15) is 0 Å². The van der Waals surface area contributed by atoms with Crippen LogP contribution in [0.15, 0.2) is 42.6 Å². The highest BCUT2D eigenvalue weighted by molar-refractivity contribution is 7.80. The molecule has 0 radical (unpaired) electrons. The zero-order valence-electron chi connectivity index (χ0n) is 10.9. The molecule has 0 atom stereocenters. The highest BCUT2D eigenvalue weighted by atomic mass is 32.1. The van der Waals surface area contributed by atoms with Gasteiger partial charge in [0.05, 0.1) is 5.69 Å². The lowest BCUT2D eigenvalue weighted by atomic mass is 10.1. The van der Waals surface area contributed by atoms with Gasteiger partial charge in [0.1, 0.15) is 10.7 Å². The zero-order valence-corrected chi connectivity index (χ0v) is 11.7. The average Bonchev–Trinajstić information content (AvgIpc) is 2.45. The molecule has 0 saturated carbocycles. The van der Waals surface area contributed by atoms with E-state index < -0.39 is 0 Å². The van der Waals surface area contributed by atoms with Crippen molar-refractivity contribution in [3.8, 4) is 0 Å². The van der Waals surface area contributed by atoms with Gasteiger partial charge in [0.2, 0.25) is 0 Å². The predicted molar refractivity (Wildman–Crippen MR) is 83.3 cm³/mol. The average molecular weight is 271 g/mol. The van der Waals surface area contributed by atoms with E-state index in [1.54, 1.807) is 6.20 Å². The van der Waals surface area contributed by atoms with Gasteiger partial charge in [-0.25, -0.2) is 0 Å². The van der Waals surface area contributed by atoms with E-state index in [1.165, 1.54) is 11.1 Å². The molecule has 0 saturated heterocycles. The maximum Gasteiger partial charge on any atom is 0.124 e. The topological polar surface area (TPSA) is 50.9 Å². The normalized spacial score (nSPS) is 10.2. The molecule has 1 aromatic heterocycles. The molecule has 2 rings (SSSR count). The summed E-state index contributed by atoms with van der Waals surface area (Å²) in [5.41, 5.74) is 9.81. The number of nitrogens with two attached hydrogens (primary N) is 1. The lowest BCUT2D eigenvalue weighted by Gasteiger charge is -2.12. The summed E-state index contributed by atoms with van der Waals surface area (Å²) in [6.45, 7) is 2.90. The number of aromatic nitrogens is 1. The van der Waals surface area contributed by atoms with Crippen molar-refractivity contribution in [2.45, 2.75) is 19.9 Å². The number of aryl methyl sites for hydroxylation is 1. The molecule has 0 amide bonds. The van der Waals surface area contributed by atoms with E-state index in [0.29, 0.717) is 10.7 Å². The minimum absolute atomic E-state index is 0.312. The number of pyridine rings is 1. The van der Waals surface area contributed by atoms with Crippen LogP contribution in [-0.2, 0) is 13.0 Å². The van der Waals surface area contributed by atoms with E-state index >= 15 is 0 Å². The zero-order chi connectivity index (χ0) is 13.7. The predicted octanol–water partition coefficient (Wildman–Crippen LogP) is 2.89. The van der Waals surface area contributed by atoms with Crippen molar-refractivity contribution in [1.82, 2.24) is 4.98 Å². The molecular weight excluding hydrogens is 254 g/mol. The highest BCUT2D eigenvalue weighted by Gasteiger charge is 2.06. The van der Waals surface area contributed by atoms with Gasteiger partial charge < -0.3 is 11.1 Å². The summed E-state index contributed by atoms with van der Waals surface area (Å²) in [6, 6.07) is 12.2. The fourth-order valence-corrected chi connectivity index (χ4v) is 2.17. The number of nitrogens with zero attached hydrogens (tertiary/aromatic N) is 1. The number of benzene rings is 1. The number of anilines is 1. The van der Waals surface area contributed by atoms with Crippen molar-refractivity contribution in [2.75, 3.05) is 5.32 Å². The molecule has 0 bridgehead atoms. The first-order valence-electron chi connectivity index (χ1n) is 6.28. The lowest BCUT2D eigenvalue weighted by molar-refractivity contribution is 1.04. The third-order valence-electron chi connectivity index (χ3n) is 3.01. The molecular formula is C15H17N3S. The number of thiocarbonyl (C=S) groups is 1. The Bertz CT molecular complexity index is 581. The van der Waals surface area contributed by atoms with Crippen LogP contribution in [0.4, 0.5) is 5.69 Å². The first-order valence-corrected chi connectivity index (χ1v) is 6.68. The van der Waals surface area contributed by atoms with E-state index in [-0.39, 0.29) is 0 Å². The molecule has 0 aliphatic carbocycles. The van der Waals surface area contributed by atoms with Gasteiger partial charge in [0.25, 0.3) is 0 Å². The van der Waals surface area contributed by atoms with Crippen LogP contribution < -0.4 is 11.1 Å². The fourth-order valence-electron chi connectivity index (χ4n) is 2.01. The molecule has 3 nitrogen and oxygen atoms in total. The molecule has 1 heterocycles. The first kappa shape index (κ1) is 13.5. The summed E-state index contributed by atoms with van der Waals surface area (Å²) >= 11 is 5.00. The minimum Gasteiger partial charge on any atom is -0.388 e. The van der Waals surface area contributed by atoms with Crippen LogP contribution in [-0.4, -0.2) is 9.97 Å². The fraction of sp³-hybridized carbons (Fsp3) is 0.200. The van der Waals surface area contributed by atoms with Gasteiger partial charge >= 0.3 is 0 Å². The largest absolute Gasteiger partial charge is 0.388 e. The van der Waals surface area contributed by atoms with Crippen molar-refractivity contribution in [1.29, 1.82) is 0 Å². The van der Waals surface area contributed by atoms with Gasteiger partial charge in [-0.15, -0.1) is 0 Å². The molecule has 0 fully saturated rings. The Morgan fingerprint density at radius 1 is 1.21 bits per heavy atom. The van der Waals surface area contributed by atoms with E-state index in [0.717, 1.165) is 18.7 Å². The van der Waals surface area contributed by atoms with Gasteiger partial charge in [-0.3, -0.25) is 4.98 Å². The Hall–Kier alpha value is -1.94. The van der Waals surface area contributed by atoms with E-state index in [1.807, 2.05) is 18.2 Å². The molecule has 0 spiro atoms.